The van der Waals surface area contributed by atoms with E-state index in [4.69, 9.17) is 9.40 Å². The van der Waals surface area contributed by atoms with Gasteiger partial charge in [-0.2, -0.15) is 10.1 Å². The Morgan fingerprint density at radius 1 is 1.27 bits per heavy atom. The summed E-state index contributed by atoms with van der Waals surface area (Å²) in [5.41, 5.74) is 1.43. The molecule has 7 heteroatoms. The second-order valence-corrected chi connectivity index (χ2v) is 7.00. The number of hydrogen-bond donors (Lipinski definition) is 0. The van der Waals surface area contributed by atoms with Crippen LogP contribution in [0.2, 0.25) is 0 Å². The molecule has 1 saturated heterocycles. The van der Waals surface area contributed by atoms with Gasteiger partial charge < -0.3 is 9.32 Å². The van der Waals surface area contributed by atoms with Crippen LogP contribution in [0.3, 0.4) is 0 Å². The molecule has 0 amide bonds. The SMILES string of the molecule is CCCn1nc(CC)nc1CC1CCCN(c2nc3ncccc3o2)C1. The summed E-state index contributed by atoms with van der Waals surface area (Å²) in [4.78, 5) is 15.8. The molecule has 0 N–H and O–H groups in total. The van der Waals surface area contributed by atoms with Gasteiger partial charge in [0.05, 0.1) is 0 Å². The van der Waals surface area contributed by atoms with Gasteiger partial charge in [-0.3, -0.25) is 0 Å². The van der Waals surface area contributed by atoms with Crippen molar-refractivity contribution in [3.63, 3.8) is 0 Å². The quantitative estimate of drug-likeness (QED) is 0.676. The van der Waals surface area contributed by atoms with Crippen molar-refractivity contribution < 1.29 is 4.42 Å². The van der Waals surface area contributed by atoms with Gasteiger partial charge in [0.2, 0.25) is 5.65 Å². The number of oxazole rings is 1. The van der Waals surface area contributed by atoms with Crippen LogP contribution in [0.4, 0.5) is 6.01 Å². The standard InChI is InChI=1S/C19H26N6O/c1-3-10-25-17(21-16(4-2)23-25)12-14-7-6-11-24(13-14)19-22-18-15(26-19)8-5-9-20-18/h5,8-9,14H,3-4,6-7,10-13H2,1-2H3. The molecule has 7 nitrogen and oxygen atoms in total. The molecule has 26 heavy (non-hydrogen) atoms. The van der Waals surface area contributed by atoms with Gasteiger partial charge in [-0.05, 0) is 37.3 Å². The van der Waals surface area contributed by atoms with Gasteiger partial charge in [0, 0.05) is 38.7 Å². The van der Waals surface area contributed by atoms with E-state index in [1.807, 2.05) is 12.1 Å². The Labute approximate surface area is 153 Å². The zero-order valence-corrected chi connectivity index (χ0v) is 15.6. The average Bonchev–Trinajstić information content (AvgIpc) is 3.26. The molecule has 0 aliphatic carbocycles. The average molecular weight is 354 g/mol. The van der Waals surface area contributed by atoms with Crippen molar-refractivity contribution in [3.8, 4) is 0 Å². The number of fused-ring (bicyclic) bond motifs is 1. The van der Waals surface area contributed by atoms with Crippen LogP contribution in [-0.4, -0.2) is 37.8 Å². The molecule has 1 atom stereocenters. The predicted molar refractivity (Wildman–Crippen MR) is 100 cm³/mol. The first-order valence-corrected chi connectivity index (χ1v) is 9.66. The largest absolute Gasteiger partial charge is 0.422 e. The summed E-state index contributed by atoms with van der Waals surface area (Å²) in [7, 11) is 0. The summed E-state index contributed by atoms with van der Waals surface area (Å²) in [5.74, 6) is 2.61. The van der Waals surface area contributed by atoms with E-state index in [0.29, 0.717) is 17.6 Å². The molecule has 0 spiro atoms. The Hall–Kier alpha value is -2.44. The van der Waals surface area contributed by atoms with Crippen molar-refractivity contribution >= 4 is 17.2 Å². The van der Waals surface area contributed by atoms with E-state index in [1.165, 1.54) is 6.42 Å². The van der Waals surface area contributed by atoms with E-state index in [1.54, 1.807) is 6.20 Å². The highest BCUT2D eigenvalue weighted by Crippen LogP contribution is 2.27. The number of piperidine rings is 1. The number of hydrogen-bond acceptors (Lipinski definition) is 6. The summed E-state index contributed by atoms with van der Waals surface area (Å²) in [6, 6.07) is 4.48. The molecular formula is C19H26N6O. The third-order valence-electron chi connectivity index (χ3n) is 4.96. The fourth-order valence-electron chi connectivity index (χ4n) is 3.67. The van der Waals surface area contributed by atoms with Crippen molar-refractivity contribution in [2.24, 2.45) is 5.92 Å². The van der Waals surface area contributed by atoms with Crippen LogP contribution in [0.15, 0.2) is 22.7 Å². The zero-order valence-electron chi connectivity index (χ0n) is 15.6. The molecule has 4 rings (SSSR count). The van der Waals surface area contributed by atoms with Crippen LogP contribution in [0.5, 0.6) is 0 Å². The Balaban J connectivity index is 1.49. The van der Waals surface area contributed by atoms with Crippen molar-refractivity contribution in [2.75, 3.05) is 18.0 Å². The molecule has 0 saturated carbocycles. The van der Waals surface area contributed by atoms with Crippen LogP contribution < -0.4 is 4.90 Å². The number of rotatable bonds is 6. The van der Waals surface area contributed by atoms with E-state index < -0.39 is 0 Å². The van der Waals surface area contributed by atoms with Crippen LogP contribution in [0.25, 0.3) is 11.2 Å². The minimum Gasteiger partial charge on any atom is -0.422 e. The summed E-state index contributed by atoms with van der Waals surface area (Å²) in [5, 5.41) is 4.64. The van der Waals surface area contributed by atoms with Crippen LogP contribution in [0.1, 0.15) is 44.8 Å². The molecule has 1 fully saturated rings. The lowest BCUT2D eigenvalue weighted by Gasteiger charge is -2.31. The van der Waals surface area contributed by atoms with Gasteiger partial charge in [0.1, 0.15) is 5.82 Å². The number of pyridine rings is 1. The highest BCUT2D eigenvalue weighted by atomic mass is 16.4. The van der Waals surface area contributed by atoms with E-state index in [0.717, 1.165) is 62.5 Å². The Kier molecular flexibility index (Phi) is 4.86. The Bertz CT molecular complexity index is 837. The van der Waals surface area contributed by atoms with E-state index >= 15 is 0 Å². The summed E-state index contributed by atoms with van der Waals surface area (Å²) in [6.07, 6.45) is 7.01. The van der Waals surface area contributed by atoms with Gasteiger partial charge in [-0.1, -0.05) is 13.8 Å². The van der Waals surface area contributed by atoms with Gasteiger partial charge in [-0.15, -0.1) is 0 Å². The summed E-state index contributed by atoms with van der Waals surface area (Å²) in [6.45, 7) is 7.15. The fraction of sp³-hybridized carbons (Fsp3) is 0.579. The van der Waals surface area contributed by atoms with Crippen LogP contribution in [0, 0.1) is 5.92 Å². The molecule has 0 radical (unpaired) electrons. The number of aromatic nitrogens is 5. The summed E-state index contributed by atoms with van der Waals surface area (Å²) >= 11 is 0. The van der Waals surface area contributed by atoms with E-state index in [2.05, 4.69) is 38.5 Å². The highest BCUT2D eigenvalue weighted by molar-refractivity contribution is 5.69. The van der Waals surface area contributed by atoms with Gasteiger partial charge in [-0.25, -0.2) is 14.6 Å². The number of anilines is 1. The maximum Gasteiger partial charge on any atom is 0.299 e. The van der Waals surface area contributed by atoms with Crippen molar-refractivity contribution in [1.29, 1.82) is 0 Å². The highest BCUT2D eigenvalue weighted by Gasteiger charge is 2.25. The third-order valence-corrected chi connectivity index (χ3v) is 4.96. The first-order valence-electron chi connectivity index (χ1n) is 9.66. The summed E-state index contributed by atoms with van der Waals surface area (Å²) < 4.78 is 8.01. The molecule has 4 heterocycles. The van der Waals surface area contributed by atoms with Crippen LogP contribution in [-0.2, 0) is 19.4 Å². The second kappa shape index (κ2) is 7.43. The maximum atomic E-state index is 5.91. The Morgan fingerprint density at radius 2 is 2.19 bits per heavy atom. The van der Waals surface area contributed by atoms with Gasteiger partial charge >= 0.3 is 0 Å². The molecule has 1 unspecified atom stereocenters. The third kappa shape index (κ3) is 3.43. The smallest absolute Gasteiger partial charge is 0.299 e. The lowest BCUT2D eigenvalue weighted by atomic mass is 9.94. The predicted octanol–water partition coefficient (Wildman–Crippen LogP) is 3.25. The second-order valence-electron chi connectivity index (χ2n) is 7.00. The van der Waals surface area contributed by atoms with E-state index in [9.17, 15) is 0 Å². The molecule has 0 bridgehead atoms. The minimum atomic E-state index is 0.538. The molecule has 0 aromatic carbocycles. The Morgan fingerprint density at radius 3 is 3.00 bits per heavy atom. The van der Waals surface area contributed by atoms with Crippen LogP contribution >= 0.6 is 0 Å². The lowest BCUT2D eigenvalue weighted by molar-refractivity contribution is 0.380. The first kappa shape index (κ1) is 17.0. The molecule has 1 aliphatic rings. The minimum absolute atomic E-state index is 0.538. The maximum absolute atomic E-state index is 5.91. The van der Waals surface area contributed by atoms with Gasteiger partial charge in [0.25, 0.3) is 6.01 Å². The van der Waals surface area contributed by atoms with Crippen molar-refractivity contribution in [1.82, 2.24) is 24.7 Å². The zero-order chi connectivity index (χ0) is 17.9. The van der Waals surface area contributed by atoms with Crippen molar-refractivity contribution in [3.05, 3.63) is 30.0 Å². The van der Waals surface area contributed by atoms with E-state index in [-0.39, 0.29) is 0 Å². The van der Waals surface area contributed by atoms with Gasteiger partial charge in [0.15, 0.2) is 11.4 Å². The normalized spacial score (nSPS) is 17.9. The first-order chi connectivity index (χ1) is 12.8. The lowest BCUT2D eigenvalue weighted by Crippen LogP contribution is -2.36. The topological polar surface area (TPSA) is 72.9 Å². The molecule has 3 aromatic heterocycles. The number of aryl methyl sites for hydroxylation is 2. The molecule has 1 aliphatic heterocycles. The monoisotopic (exact) mass is 354 g/mol. The molecular weight excluding hydrogens is 328 g/mol. The molecule has 3 aromatic rings. The number of nitrogens with zero attached hydrogens (tertiary/aromatic N) is 6. The van der Waals surface area contributed by atoms with Crippen molar-refractivity contribution in [2.45, 2.75) is 52.5 Å². The molecule has 138 valence electrons. The fourth-order valence-corrected chi connectivity index (χ4v) is 3.67.